The van der Waals surface area contributed by atoms with Crippen LogP contribution in [0.1, 0.15) is 39.3 Å². The van der Waals surface area contributed by atoms with Crippen molar-refractivity contribution in [3.63, 3.8) is 0 Å². The normalized spacial score (nSPS) is 20.2. The summed E-state index contributed by atoms with van der Waals surface area (Å²) in [7, 11) is 1.78. The van der Waals surface area contributed by atoms with Crippen LogP contribution in [0.25, 0.3) is 0 Å². The summed E-state index contributed by atoms with van der Waals surface area (Å²) >= 11 is 0. The van der Waals surface area contributed by atoms with Crippen LogP contribution < -0.4 is 0 Å². The fraction of sp³-hybridized carbons (Fsp3) is 0.455. The lowest BCUT2D eigenvalue weighted by molar-refractivity contribution is -0.00300. The van der Waals surface area contributed by atoms with E-state index >= 15 is 0 Å². The number of methoxy groups -OCH3 is 1. The Morgan fingerprint density at radius 3 is 2.58 bits per heavy atom. The van der Waals surface area contributed by atoms with E-state index in [-0.39, 0.29) is 12.0 Å². The van der Waals surface area contributed by atoms with Crippen molar-refractivity contribution in [2.24, 2.45) is 5.92 Å². The second kappa shape index (κ2) is 8.00. The molecule has 2 heterocycles. The van der Waals surface area contributed by atoms with Crippen LogP contribution >= 0.6 is 0 Å². The van der Waals surface area contributed by atoms with Gasteiger partial charge in [-0.15, -0.1) is 0 Å². The van der Waals surface area contributed by atoms with Gasteiger partial charge in [-0.3, -0.25) is 9.78 Å². The van der Waals surface area contributed by atoms with Crippen molar-refractivity contribution in [1.29, 1.82) is 0 Å². The summed E-state index contributed by atoms with van der Waals surface area (Å²) in [6, 6.07) is 12.4. The molecule has 0 saturated carbocycles. The van der Waals surface area contributed by atoms with Gasteiger partial charge >= 0.3 is 0 Å². The van der Waals surface area contributed by atoms with Crippen molar-refractivity contribution < 1.29 is 9.53 Å². The Morgan fingerprint density at radius 1 is 1.19 bits per heavy atom. The van der Waals surface area contributed by atoms with Crippen LogP contribution in [0.2, 0.25) is 0 Å². The monoisotopic (exact) mass is 352 g/mol. The number of rotatable bonds is 4. The highest BCUT2D eigenvalue weighted by Gasteiger charge is 2.32. The summed E-state index contributed by atoms with van der Waals surface area (Å²) in [5.74, 6) is 0.408. The van der Waals surface area contributed by atoms with Gasteiger partial charge in [-0.05, 0) is 51.3 Å². The molecule has 1 aliphatic rings. The summed E-state index contributed by atoms with van der Waals surface area (Å²) in [5.41, 5.74) is 5.08. The van der Waals surface area contributed by atoms with E-state index in [1.807, 2.05) is 30.9 Å². The SMILES string of the molecule is CO[C@H]1CCN(C(=O)c2cc(C)nc(C)c2)C[C@@H]1Cc1cccc(C)c1. The molecule has 2 aromatic rings. The largest absolute Gasteiger partial charge is 0.381 e. The number of piperidine rings is 1. The van der Waals surface area contributed by atoms with Gasteiger partial charge in [0, 0.05) is 43.1 Å². The third-order valence-electron chi connectivity index (χ3n) is 5.16. The van der Waals surface area contributed by atoms with Gasteiger partial charge in [0.05, 0.1) is 6.10 Å². The molecule has 4 nitrogen and oxygen atoms in total. The van der Waals surface area contributed by atoms with Crippen LogP contribution in [-0.2, 0) is 11.2 Å². The minimum absolute atomic E-state index is 0.0994. The summed E-state index contributed by atoms with van der Waals surface area (Å²) in [4.78, 5) is 19.4. The molecule has 1 fully saturated rings. The lowest BCUT2D eigenvalue weighted by Crippen LogP contribution is -2.47. The molecule has 0 N–H and O–H groups in total. The van der Waals surface area contributed by atoms with Crippen LogP contribution in [0.5, 0.6) is 0 Å². The average molecular weight is 352 g/mol. The van der Waals surface area contributed by atoms with Gasteiger partial charge in [0.25, 0.3) is 5.91 Å². The van der Waals surface area contributed by atoms with Crippen molar-refractivity contribution in [3.05, 3.63) is 64.5 Å². The van der Waals surface area contributed by atoms with Crippen LogP contribution in [0, 0.1) is 26.7 Å². The van der Waals surface area contributed by atoms with Gasteiger partial charge in [0.1, 0.15) is 0 Å². The van der Waals surface area contributed by atoms with Gasteiger partial charge in [-0.25, -0.2) is 0 Å². The van der Waals surface area contributed by atoms with Crippen molar-refractivity contribution in [2.45, 2.75) is 39.7 Å². The number of ether oxygens (including phenoxy) is 1. The molecule has 4 heteroatoms. The number of carbonyl (C=O) groups excluding carboxylic acids is 1. The van der Waals surface area contributed by atoms with Gasteiger partial charge < -0.3 is 9.64 Å². The molecule has 3 rings (SSSR count). The van der Waals surface area contributed by atoms with Gasteiger partial charge in [0.2, 0.25) is 0 Å². The Kier molecular flexibility index (Phi) is 5.72. The molecule has 1 aliphatic heterocycles. The zero-order valence-corrected chi connectivity index (χ0v) is 16.2. The molecule has 1 saturated heterocycles. The number of aryl methyl sites for hydroxylation is 3. The number of nitrogens with zero attached hydrogens (tertiary/aromatic N) is 2. The number of benzene rings is 1. The molecule has 1 aromatic carbocycles. The summed E-state index contributed by atoms with van der Waals surface area (Å²) < 4.78 is 5.73. The van der Waals surface area contributed by atoms with E-state index in [1.165, 1.54) is 11.1 Å². The number of hydrogen-bond acceptors (Lipinski definition) is 3. The van der Waals surface area contributed by atoms with E-state index in [1.54, 1.807) is 7.11 Å². The predicted molar refractivity (Wildman–Crippen MR) is 103 cm³/mol. The van der Waals surface area contributed by atoms with Crippen molar-refractivity contribution in [1.82, 2.24) is 9.88 Å². The second-order valence-electron chi connectivity index (χ2n) is 7.41. The molecule has 0 aliphatic carbocycles. The molecule has 1 aromatic heterocycles. The number of likely N-dealkylation sites (tertiary alicyclic amines) is 1. The van der Waals surface area contributed by atoms with Crippen molar-refractivity contribution in [2.75, 3.05) is 20.2 Å². The zero-order chi connectivity index (χ0) is 18.7. The standard InChI is InChI=1S/C22H28N2O2/c1-15-6-5-7-18(10-15)13-20-14-24(9-8-21(20)26-4)22(25)19-11-16(2)23-17(3)12-19/h5-7,10-12,20-21H,8-9,13-14H2,1-4H3/t20-,21-/m0/s1. The Hall–Kier alpha value is -2.20. The fourth-order valence-electron chi connectivity index (χ4n) is 3.98. The minimum Gasteiger partial charge on any atom is -0.381 e. The van der Waals surface area contributed by atoms with E-state index in [4.69, 9.17) is 4.74 Å². The van der Waals surface area contributed by atoms with Crippen LogP contribution in [0.3, 0.4) is 0 Å². The number of carbonyl (C=O) groups is 1. The first-order valence-electron chi connectivity index (χ1n) is 9.29. The highest BCUT2D eigenvalue weighted by atomic mass is 16.5. The molecular formula is C22H28N2O2. The lowest BCUT2D eigenvalue weighted by Gasteiger charge is -2.38. The molecule has 0 unspecified atom stereocenters. The lowest BCUT2D eigenvalue weighted by atomic mass is 9.88. The summed E-state index contributed by atoms with van der Waals surface area (Å²) in [6.07, 6.45) is 2.00. The highest BCUT2D eigenvalue weighted by molar-refractivity contribution is 5.94. The molecule has 1 amide bonds. The molecule has 0 spiro atoms. The van der Waals surface area contributed by atoms with E-state index < -0.39 is 0 Å². The molecular weight excluding hydrogens is 324 g/mol. The maximum Gasteiger partial charge on any atom is 0.253 e. The van der Waals surface area contributed by atoms with Crippen molar-refractivity contribution >= 4 is 5.91 Å². The number of hydrogen-bond donors (Lipinski definition) is 0. The van der Waals surface area contributed by atoms with Gasteiger partial charge in [0.15, 0.2) is 0 Å². The second-order valence-corrected chi connectivity index (χ2v) is 7.41. The topological polar surface area (TPSA) is 42.4 Å². The Balaban J connectivity index is 1.76. The smallest absolute Gasteiger partial charge is 0.253 e. The van der Waals surface area contributed by atoms with Gasteiger partial charge in [-0.1, -0.05) is 29.8 Å². The van der Waals surface area contributed by atoms with E-state index in [0.29, 0.717) is 5.92 Å². The predicted octanol–water partition coefficient (Wildman–Crippen LogP) is 3.73. The van der Waals surface area contributed by atoms with E-state index in [0.717, 1.165) is 42.9 Å². The maximum atomic E-state index is 13.0. The first kappa shape index (κ1) is 18.6. The first-order valence-corrected chi connectivity index (χ1v) is 9.29. The minimum atomic E-state index is 0.0994. The molecule has 138 valence electrons. The van der Waals surface area contributed by atoms with Crippen LogP contribution in [-0.4, -0.2) is 42.1 Å². The Morgan fingerprint density at radius 2 is 1.92 bits per heavy atom. The van der Waals surface area contributed by atoms with Gasteiger partial charge in [-0.2, -0.15) is 0 Å². The van der Waals surface area contributed by atoms with E-state index in [9.17, 15) is 4.79 Å². The third kappa shape index (κ3) is 4.31. The van der Waals surface area contributed by atoms with Crippen molar-refractivity contribution in [3.8, 4) is 0 Å². The van der Waals surface area contributed by atoms with E-state index in [2.05, 4.69) is 36.2 Å². The van der Waals surface area contributed by atoms with Crippen LogP contribution in [0.4, 0.5) is 0 Å². The summed E-state index contributed by atoms with van der Waals surface area (Å²) in [5, 5.41) is 0. The Bertz CT molecular complexity index is 767. The van der Waals surface area contributed by atoms with Crippen LogP contribution in [0.15, 0.2) is 36.4 Å². The number of pyridine rings is 1. The molecule has 2 atom stereocenters. The third-order valence-corrected chi connectivity index (χ3v) is 5.16. The quantitative estimate of drug-likeness (QED) is 0.842. The first-order chi connectivity index (χ1) is 12.5. The maximum absolute atomic E-state index is 13.0. The summed E-state index contributed by atoms with van der Waals surface area (Å²) in [6.45, 7) is 7.44. The molecule has 26 heavy (non-hydrogen) atoms. The Labute approximate surface area is 156 Å². The number of aromatic nitrogens is 1. The number of amides is 1. The fourth-order valence-corrected chi connectivity index (χ4v) is 3.98. The average Bonchev–Trinajstić information content (AvgIpc) is 2.60. The molecule has 0 bridgehead atoms. The molecule has 0 radical (unpaired) electrons. The highest BCUT2D eigenvalue weighted by Crippen LogP contribution is 2.25. The zero-order valence-electron chi connectivity index (χ0n) is 16.2.